The van der Waals surface area contributed by atoms with E-state index >= 15 is 0 Å². The Bertz CT molecular complexity index is 1430. The molecule has 2 saturated heterocycles. The van der Waals surface area contributed by atoms with Crippen molar-refractivity contribution in [2.45, 2.75) is 70.0 Å². The van der Waals surface area contributed by atoms with Gasteiger partial charge in [-0.2, -0.15) is 0 Å². The van der Waals surface area contributed by atoms with Crippen molar-refractivity contribution in [2.75, 3.05) is 13.2 Å². The van der Waals surface area contributed by atoms with Crippen LogP contribution >= 0.6 is 0 Å². The van der Waals surface area contributed by atoms with Crippen LogP contribution in [0.15, 0.2) is 36.4 Å². The molecule has 17 nitrogen and oxygen atoms in total. The second-order valence-corrected chi connectivity index (χ2v) is 10.1. The zero-order valence-electron chi connectivity index (χ0n) is 26.2. The van der Waals surface area contributed by atoms with Crippen LogP contribution in [-0.4, -0.2) is 113 Å². The zero-order valence-corrected chi connectivity index (χ0v) is 28.2. The molecular weight excluding hydrogens is 655 g/mol. The van der Waals surface area contributed by atoms with Crippen molar-refractivity contribution in [3.8, 4) is 23.0 Å². The minimum Gasteiger partial charge on any atom is -0.870 e. The molecule has 48 heavy (non-hydrogen) atoms. The van der Waals surface area contributed by atoms with Gasteiger partial charge in [-0.1, -0.05) is 11.8 Å². The van der Waals surface area contributed by atoms with Gasteiger partial charge in [0.2, 0.25) is 18.7 Å². The second kappa shape index (κ2) is 18.7. The van der Waals surface area contributed by atoms with Crippen LogP contribution in [0.5, 0.6) is 23.0 Å². The quantitative estimate of drug-likeness (QED) is 0.0762. The molecule has 4 rings (SSSR count). The van der Waals surface area contributed by atoms with Crippen LogP contribution in [0.1, 0.15) is 41.5 Å². The average Bonchev–Trinajstić information content (AvgIpc) is 3.47. The van der Waals surface area contributed by atoms with E-state index in [4.69, 9.17) is 38.3 Å². The van der Waals surface area contributed by atoms with Crippen molar-refractivity contribution < 1.29 is 112 Å². The fraction of sp³-hybridized carbons (Fsp3) is 0.433. The summed E-state index contributed by atoms with van der Waals surface area (Å²) in [7, 11) is 0. The largest absolute Gasteiger partial charge is 1.00 e. The number of carbonyl (C=O) groups is 5. The van der Waals surface area contributed by atoms with E-state index in [-0.39, 0.29) is 64.5 Å². The van der Waals surface area contributed by atoms with Gasteiger partial charge in [0.25, 0.3) is 0 Å². The van der Waals surface area contributed by atoms with E-state index in [2.05, 4.69) is 0 Å². The van der Waals surface area contributed by atoms with Gasteiger partial charge in [0, 0.05) is 31.9 Å². The first kappa shape index (κ1) is 40.4. The molecule has 0 spiro atoms. The maximum Gasteiger partial charge on any atom is 1.00 e. The monoisotopic (exact) mass is 688 g/mol. The summed E-state index contributed by atoms with van der Waals surface area (Å²) in [5.74, 6) is -2.99. The summed E-state index contributed by atoms with van der Waals surface area (Å²) in [5.41, 5.74) is 0.428. The van der Waals surface area contributed by atoms with Crippen LogP contribution < -0.4 is 44.1 Å². The molecule has 18 heteroatoms. The van der Waals surface area contributed by atoms with Gasteiger partial charge >= 0.3 is 47.5 Å². The predicted molar refractivity (Wildman–Crippen MR) is 150 cm³/mol. The number of phenols is 1. The number of aliphatic hydroxyl groups is 3. The van der Waals surface area contributed by atoms with Crippen LogP contribution in [-0.2, 0) is 38.1 Å². The molecule has 2 fully saturated rings. The maximum atomic E-state index is 11.6. The average molecular weight is 689 g/mol. The van der Waals surface area contributed by atoms with Gasteiger partial charge in [-0.05, 0) is 30.3 Å². The minimum absolute atomic E-state index is 0. The van der Waals surface area contributed by atoms with Crippen LogP contribution in [0, 0.1) is 0 Å². The first-order valence-electron chi connectivity index (χ1n) is 13.9. The topological polar surface area (TPSA) is 254 Å². The molecule has 2 aliphatic heterocycles. The Balaban J connectivity index is 0.000000349. The number of benzene rings is 2. The van der Waals surface area contributed by atoms with E-state index in [9.17, 15) is 44.4 Å². The predicted octanol–water partition coefficient (Wildman–Crippen LogP) is -3.87. The summed E-state index contributed by atoms with van der Waals surface area (Å²) in [6, 6.07) is 7.65. The Hall–Kier alpha value is -3.81. The van der Waals surface area contributed by atoms with Crippen molar-refractivity contribution in [1.29, 1.82) is 0 Å². The fourth-order valence-electron chi connectivity index (χ4n) is 4.39. The molecule has 8 unspecified atom stereocenters. The maximum absolute atomic E-state index is 11.6. The Kier molecular flexibility index (Phi) is 15.7. The Morgan fingerprint density at radius 3 is 1.83 bits per heavy atom. The van der Waals surface area contributed by atoms with Gasteiger partial charge < -0.3 is 58.7 Å². The third kappa shape index (κ3) is 10.9. The second-order valence-electron chi connectivity index (χ2n) is 10.1. The number of ether oxygens (including phenoxy) is 7. The van der Waals surface area contributed by atoms with Crippen molar-refractivity contribution in [1.82, 2.24) is 0 Å². The first-order valence-corrected chi connectivity index (χ1v) is 13.9. The summed E-state index contributed by atoms with van der Waals surface area (Å²) in [6.07, 6.45) is -8.36. The standard InChI is InChI=1S/C18H20O10.C12H14O7.Na/c1-9(20)24-8-15-16(25-10(2)21)17(26-11(3)22)18(28-15)27-14-5-4-12(7-19)6-13(14)23;13-4-6-1-2-8(7(15)3-6)18-12-11(17)10(16)9(5-14)19-12;/h4-7,15-18,23H,8H2,1-3H3;1-4,9-12,14-17H,5H2;/q;;+1/p-1. The summed E-state index contributed by atoms with van der Waals surface area (Å²) in [5, 5.41) is 49.7. The van der Waals surface area contributed by atoms with Crippen LogP contribution in [0.3, 0.4) is 0 Å². The Morgan fingerprint density at radius 2 is 1.33 bits per heavy atom. The number of aliphatic hydroxyl groups excluding tert-OH is 3. The number of esters is 3. The van der Waals surface area contributed by atoms with Crippen LogP contribution in [0.2, 0.25) is 0 Å². The van der Waals surface area contributed by atoms with Crippen LogP contribution in [0.25, 0.3) is 0 Å². The SMILES string of the molecule is CC(=O)OCC1OC(Oc2ccc(C=O)cc2O)C(OC(C)=O)C1OC(C)=O.O=Cc1ccc(OC2OC(CO)C(O)C2O)c([O-])c1.[Na+]. The number of phenolic OH excluding ortho intramolecular Hbond substituents is 1. The van der Waals surface area contributed by atoms with Gasteiger partial charge in [-0.3, -0.25) is 24.0 Å². The Labute approximate surface area is 295 Å². The molecule has 0 saturated carbocycles. The molecule has 8 atom stereocenters. The van der Waals surface area contributed by atoms with Crippen molar-refractivity contribution in [3.05, 3.63) is 47.5 Å². The van der Waals surface area contributed by atoms with Gasteiger partial charge in [0.15, 0.2) is 17.6 Å². The summed E-state index contributed by atoms with van der Waals surface area (Å²) in [6.45, 7) is 2.75. The molecule has 0 aromatic heterocycles. The molecule has 2 heterocycles. The number of hydrogen-bond acceptors (Lipinski definition) is 17. The summed E-state index contributed by atoms with van der Waals surface area (Å²) < 4.78 is 36.7. The Morgan fingerprint density at radius 1 is 0.792 bits per heavy atom. The molecule has 0 bridgehead atoms. The third-order valence-electron chi connectivity index (χ3n) is 6.53. The number of aldehydes is 2. The molecule has 0 amide bonds. The zero-order chi connectivity index (χ0) is 34.8. The summed E-state index contributed by atoms with van der Waals surface area (Å²) >= 11 is 0. The van der Waals surface area contributed by atoms with E-state index in [1.54, 1.807) is 0 Å². The molecule has 0 radical (unpaired) electrons. The van der Waals surface area contributed by atoms with E-state index in [0.717, 1.165) is 19.9 Å². The first-order chi connectivity index (χ1) is 22.3. The third-order valence-corrected chi connectivity index (χ3v) is 6.53. The van der Waals surface area contributed by atoms with Gasteiger partial charge in [0.05, 0.1) is 6.61 Å². The fourth-order valence-corrected chi connectivity index (χ4v) is 4.39. The molecule has 0 aliphatic carbocycles. The van der Waals surface area contributed by atoms with Crippen molar-refractivity contribution in [3.63, 3.8) is 0 Å². The van der Waals surface area contributed by atoms with Gasteiger partial charge in [0.1, 0.15) is 49.3 Å². The van der Waals surface area contributed by atoms with Crippen molar-refractivity contribution in [2.24, 2.45) is 0 Å². The number of hydrogen-bond donors (Lipinski definition) is 4. The molecule has 2 aromatic rings. The molecule has 2 aliphatic rings. The van der Waals surface area contributed by atoms with Gasteiger partial charge in [-0.25, -0.2) is 0 Å². The van der Waals surface area contributed by atoms with Crippen LogP contribution in [0.4, 0.5) is 0 Å². The normalized spacial score (nSPS) is 25.7. The number of carbonyl (C=O) groups excluding carboxylic acids is 5. The number of rotatable bonds is 11. The molecule has 256 valence electrons. The van der Waals surface area contributed by atoms with Crippen molar-refractivity contribution >= 4 is 30.5 Å². The van der Waals surface area contributed by atoms with Gasteiger partial charge in [-0.15, -0.1) is 0 Å². The molecule has 4 N–H and O–H groups in total. The van der Waals surface area contributed by atoms with E-state index in [1.165, 1.54) is 37.3 Å². The van der Waals surface area contributed by atoms with E-state index in [0.29, 0.717) is 12.6 Å². The minimum atomic E-state index is -1.37. The summed E-state index contributed by atoms with van der Waals surface area (Å²) in [4.78, 5) is 55.3. The molecular formula is C30H33NaO17. The molecule has 2 aromatic carbocycles. The van der Waals surface area contributed by atoms with E-state index in [1.807, 2.05) is 0 Å². The van der Waals surface area contributed by atoms with E-state index < -0.39 is 79.5 Å². The number of aromatic hydroxyl groups is 1. The smallest absolute Gasteiger partial charge is 0.870 e.